The highest BCUT2D eigenvalue weighted by molar-refractivity contribution is 7.90. The Morgan fingerprint density at radius 1 is 1.30 bits per heavy atom. The van der Waals surface area contributed by atoms with Crippen LogP contribution < -0.4 is 10.1 Å². The maximum Gasteiger partial charge on any atom is 0.256 e. The topological polar surface area (TPSA) is 88.1 Å². The molecule has 0 unspecified atom stereocenters. The minimum atomic E-state index is -3.53. The molecule has 7 nitrogen and oxygen atoms in total. The number of ether oxygens (including phenoxy) is 1. The number of nitrogens with one attached hydrogen (secondary N) is 1. The van der Waals surface area contributed by atoms with Crippen molar-refractivity contribution in [3.05, 3.63) is 53.8 Å². The highest BCUT2D eigenvalue weighted by Crippen LogP contribution is 2.41. The number of fused-ring (bicyclic) bond motifs is 1. The fourth-order valence-electron chi connectivity index (χ4n) is 3.33. The molecule has 0 bridgehead atoms. The van der Waals surface area contributed by atoms with Gasteiger partial charge < -0.3 is 15.0 Å². The molecule has 8 heteroatoms. The summed E-state index contributed by atoms with van der Waals surface area (Å²) in [5.41, 5.74) is 1.29. The molecular formula is C19H21N3O4S. The van der Waals surface area contributed by atoms with Crippen molar-refractivity contribution in [1.82, 2.24) is 10.2 Å². The van der Waals surface area contributed by atoms with Gasteiger partial charge in [-0.15, -0.1) is 4.40 Å². The van der Waals surface area contributed by atoms with Crippen molar-refractivity contribution in [3.63, 3.8) is 0 Å². The number of amides is 1. The zero-order valence-electron chi connectivity index (χ0n) is 15.0. The minimum absolute atomic E-state index is 0.0493. The van der Waals surface area contributed by atoms with Crippen LogP contribution in [0.4, 0.5) is 0 Å². The second kappa shape index (κ2) is 6.84. The van der Waals surface area contributed by atoms with Gasteiger partial charge in [-0.3, -0.25) is 4.79 Å². The molecule has 2 aliphatic heterocycles. The van der Waals surface area contributed by atoms with Gasteiger partial charge in [0.15, 0.2) is 5.84 Å². The lowest BCUT2D eigenvalue weighted by Gasteiger charge is -2.29. The molecule has 1 saturated carbocycles. The van der Waals surface area contributed by atoms with Crippen molar-refractivity contribution in [2.75, 3.05) is 19.4 Å². The third kappa shape index (κ3) is 3.75. The third-order valence-electron chi connectivity index (χ3n) is 4.96. The van der Waals surface area contributed by atoms with Crippen LogP contribution in [0.3, 0.4) is 0 Å². The van der Waals surface area contributed by atoms with Crippen LogP contribution in [0.25, 0.3) is 0 Å². The van der Waals surface area contributed by atoms with E-state index in [1.54, 1.807) is 30.4 Å². The zero-order valence-corrected chi connectivity index (χ0v) is 15.8. The summed E-state index contributed by atoms with van der Waals surface area (Å²) < 4.78 is 32.8. The number of allylic oxidation sites excluding steroid dienone is 2. The molecule has 0 spiro atoms. The van der Waals surface area contributed by atoms with Gasteiger partial charge in [0.05, 0.1) is 24.5 Å². The monoisotopic (exact) mass is 387 g/mol. The lowest BCUT2D eigenvalue weighted by Crippen LogP contribution is -2.43. The Balaban J connectivity index is 1.58. The van der Waals surface area contributed by atoms with Crippen molar-refractivity contribution >= 4 is 21.8 Å². The molecule has 0 saturated heterocycles. The Bertz CT molecular complexity index is 944. The average Bonchev–Trinajstić information content (AvgIpc) is 3.50. The Morgan fingerprint density at radius 2 is 2.04 bits per heavy atom. The number of carbonyl (C=O) groups excluding carboxylic acids is 1. The molecule has 2 heterocycles. The Kier molecular flexibility index (Phi) is 4.51. The highest BCUT2D eigenvalue weighted by atomic mass is 32.2. The van der Waals surface area contributed by atoms with E-state index in [4.69, 9.17) is 4.74 Å². The van der Waals surface area contributed by atoms with E-state index in [9.17, 15) is 13.2 Å². The van der Waals surface area contributed by atoms with Crippen LogP contribution in [-0.2, 0) is 14.8 Å². The largest absolute Gasteiger partial charge is 0.497 e. The van der Waals surface area contributed by atoms with E-state index >= 15 is 0 Å². The average molecular weight is 387 g/mol. The van der Waals surface area contributed by atoms with Gasteiger partial charge >= 0.3 is 0 Å². The molecule has 1 aliphatic carbocycles. The number of nitrogens with zero attached hydrogens (tertiary/aromatic N) is 2. The van der Waals surface area contributed by atoms with Crippen LogP contribution in [0, 0.1) is 5.92 Å². The first-order valence-electron chi connectivity index (χ1n) is 8.90. The van der Waals surface area contributed by atoms with E-state index in [0.717, 1.165) is 24.2 Å². The van der Waals surface area contributed by atoms with E-state index in [2.05, 4.69) is 9.71 Å². The van der Waals surface area contributed by atoms with Crippen LogP contribution in [-0.4, -0.2) is 44.5 Å². The molecule has 27 heavy (non-hydrogen) atoms. The summed E-state index contributed by atoms with van der Waals surface area (Å²) in [6, 6.07) is 7.53. The molecule has 1 aromatic rings. The van der Waals surface area contributed by atoms with Gasteiger partial charge in [-0.25, -0.2) is 8.42 Å². The molecule has 1 N–H and O–H groups in total. The summed E-state index contributed by atoms with van der Waals surface area (Å²) in [5, 5.41) is 3.08. The van der Waals surface area contributed by atoms with Gasteiger partial charge in [0.1, 0.15) is 5.75 Å². The lowest BCUT2D eigenvalue weighted by molar-refractivity contribution is -0.117. The summed E-state index contributed by atoms with van der Waals surface area (Å²) in [6.07, 6.45) is 7.20. The first-order valence-corrected chi connectivity index (χ1v) is 10.5. The molecule has 1 atom stereocenters. The van der Waals surface area contributed by atoms with Gasteiger partial charge in [-0.1, -0.05) is 12.1 Å². The van der Waals surface area contributed by atoms with Crippen LogP contribution in [0.2, 0.25) is 0 Å². The standard InChI is InChI=1S/C19H21N3O4S/c1-26-15-8-6-14(7-9-15)17(13-4-5-13)20-19(23)16-3-2-10-22-11-12-27(24,25)21-18(16)22/h2-3,6-10,13,17H,4-5,11-12H2,1H3,(H,20,23)/t17-/m0/s1. The van der Waals surface area contributed by atoms with Crippen molar-refractivity contribution in [1.29, 1.82) is 0 Å². The maximum atomic E-state index is 13.0. The predicted molar refractivity (Wildman–Crippen MR) is 102 cm³/mol. The predicted octanol–water partition coefficient (Wildman–Crippen LogP) is 1.76. The van der Waals surface area contributed by atoms with Crippen LogP contribution in [0.5, 0.6) is 5.75 Å². The summed E-state index contributed by atoms with van der Waals surface area (Å²) in [4.78, 5) is 14.7. The van der Waals surface area contributed by atoms with Gasteiger partial charge in [0.25, 0.3) is 15.9 Å². The Labute approximate surface area is 158 Å². The van der Waals surface area contributed by atoms with Gasteiger partial charge in [-0.05, 0) is 48.6 Å². The second-order valence-electron chi connectivity index (χ2n) is 6.88. The molecule has 0 radical (unpaired) electrons. The van der Waals surface area contributed by atoms with E-state index in [-0.39, 0.29) is 29.1 Å². The number of rotatable bonds is 5. The molecule has 3 aliphatic rings. The zero-order chi connectivity index (χ0) is 19.0. The molecule has 1 fully saturated rings. The van der Waals surface area contributed by atoms with Crippen molar-refractivity contribution in [2.45, 2.75) is 18.9 Å². The fraction of sp³-hybridized carbons (Fsp3) is 0.368. The number of methoxy groups -OCH3 is 1. The first-order chi connectivity index (χ1) is 13.0. The third-order valence-corrected chi connectivity index (χ3v) is 6.11. The SMILES string of the molecule is COc1ccc([C@@H](NC(=O)C2=CC=CN3CCS(=O)(=O)N=C23)C2CC2)cc1. The second-order valence-corrected chi connectivity index (χ2v) is 8.63. The summed E-state index contributed by atoms with van der Waals surface area (Å²) in [7, 11) is -1.92. The van der Waals surface area contributed by atoms with Crippen LogP contribution >= 0.6 is 0 Å². The van der Waals surface area contributed by atoms with Crippen LogP contribution in [0.1, 0.15) is 24.4 Å². The fourth-order valence-corrected chi connectivity index (χ4v) is 4.31. The van der Waals surface area contributed by atoms with Gasteiger partial charge in [0, 0.05) is 12.7 Å². The number of hydrogen-bond acceptors (Lipinski definition) is 5. The van der Waals surface area contributed by atoms with Crippen molar-refractivity contribution in [3.8, 4) is 5.75 Å². The highest BCUT2D eigenvalue weighted by Gasteiger charge is 2.36. The first kappa shape index (κ1) is 17.8. The Morgan fingerprint density at radius 3 is 2.70 bits per heavy atom. The Hall–Kier alpha value is -2.61. The van der Waals surface area contributed by atoms with Crippen molar-refractivity contribution in [2.24, 2.45) is 10.3 Å². The molecule has 142 valence electrons. The van der Waals surface area contributed by atoms with E-state index in [1.165, 1.54) is 0 Å². The number of hydrogen-bond donors (Lipinski definition) is 1. The van der Waals surface area contributed by atoms with Gasteiger partial charge in [0.2, 0.25) is 0 Å². The molecule has 4 rings (SSSR count). The van der Waals surface area contributed by atoms with E-state index in [0.29, 0.717) is 12.5 Å². The summed E-state index contributed by atoms with van der Waals surface area (Å²) in [5.74, 6) is 0.984. The molecular weight excluding hydrogens is 366 g/mol. The number of amidine groups is 1. The number of carbonyl (C=O) groups is 1. The van der Waals surface area contributed by atoms with E-state index < -0.39 is 10.0 Å². The van der Waals surface area contributed by atoms with E-state index in [1.807, 2.05) is 24.3 Å². The minimum Gasteiger partial charge on any atom is -0.497 e. The van der Waals surface area contributed by atoms with Crippen molar-refractivity contribution < 1.29 is 17.9 Å². The van der Waals surface area contributed by atoms with Crippen LogP contribution in [0.15, 0.2) is 52.6 Å². The normalized spacial score (nSPS) is 21.6. The number of sulfonamides is 1. The maximum absolute atomic E-state index is 13.0. The lowest BCUT2D eigenvalue weighted by atomic mass is 10.0. The summed E-state index contributed by atoms with van der Waals surface area (Å²) >= 11 is 0. The molecule has 0 aromatic heterocycles. The quantitative estimate of drug-likeness (QED) is 0.832. The smallest absolute Gasteiger partial charge is 0.256 e. The summed E-state index contributed by atoms with van der Waals surface area (Å²) in [6.45, 7) is 0.298. The molecule has 1 amide bonds. The molecule has 1 aromatic carbocycles. The number of benzene rings is 1. The van der Waals surface area contributed by atoms with Gasteiger partial charge in [-0.2, -0.15) is 0 Å².